The number of oxime groups is 1. The van der Waals surface area contributed by atoms with Crippen molar-refractivity contribution in [1.29, 1.82) is 0 Å². The van der Waals surface area contributed by atoms with Gasteiger partial charge in [-0.15, -0.1) is 11.3 Å². The highest BCUT2D eigenvalue weighted by atomic mass is 32.2. The van der Waals surface area contributed by atoms with Gasteiger partial charge in [-0.2, -0.15) is 4.31 Å². The number of rotatable bonds is 17. The Morgan fingerprint density at radius 2 is 1.88 bits per heavy atom. The summed E-state index contributed by atoms with van der Waals surface area (Å²) in [6, 6.07) is 13.6. The molecule has 0 unspecified atom stereocenters. The molecule has 1 aromatic heterocycles. The number of aryl methyl sites for hydroxylation is 1. The van der Waals surface area contributed by atoms with Crippen LogP contribution in [0.3, 0.4) is 0 Å². The second-order valence-corrected chi connectivity index (χ2v) is 16.4. The summed E-state index contributed by atoms with van der Waals surface area (Å²) in [7, 11) is -4.03. The Balaban J connectivity index is 1.38. The monoisotopic (exact) mass is 724 g/mol. The predicted molar refractivity (Wildman–Crippen MR) is 193 cm³/mol. The molecule has 50 heavy (non-hydrogen) atoms. The summed E-state index contributed by atoms with van der Waals surface area (Å²) in [5, 5.41) is 29.7. The molecule has 1 saturated heterocycles. The smallest absolute Gasteiger partial charge is 0.321 e. The van der Waals surface area contributed by atoms with E-state index in [0.29, 0.717) is 31.6 Å². The number of aliphatic hydroxyl groups excluding tert-OH is 1. The third-order valence-corrected chi connectivity index (χ3v) is 12.5. The average Bonchev–Trinajstić information content (AvgIpc) is 3.66. The van der Waals surface area contributed by atoms with Crippen LogP contribution in [-0.4, -0.2) is 100 Å². The van der Waals surface area contributed by atoms with Crippen LogP contribution in [0.5, 0.6) is 0 Å². The molecule has 12 nitrogen and oxygen atoms in total. The molecule has 1 saturated carbocycles. The Hall–Kier alpha value is -3.85. The van der Waals surface area contributed by atoms with E-state index in [9.17, 15) is 23.1 Å². The van der Waals surface area contributed by atoms with Crippen molar-refractivity contribution >= 4 is 39.5 Å². The van der Waals surface area contributed by atoms with Crippen LogP contribution in [-0.2, 0) is 27.8 Å². The van der Waals surface area contributed by atoms with Gasteiger partial charge in [0.2, 0.25) is 15.9 Å². The molecule has 270 valence electrons. The molecule has 5 rings (SSSR count). The van der Waals surface area contributed by atoms with Crippen molar-refractivity contribution in [2.45, 2.75) is 82.5 Å². The molecule has 3 amide bonds. The first-order valence-electron chi connectivity index (χ1n) is 17.3. The van der Waals surface area contributed by atoms with Crippen molar-refractivity contribution in [3.05, 3.63) is 81.8 Å². The van der Waals surface area contributed by atoms with Crippen LogP contribution in [0.2, 0.25) is 0 Å². The maximum absolute atomic E-state index is 14.3. The summed E-state index contributed by atoms with van der Waals surface area (Å²) in [6.45, 7) is 7.07. The maximum Gasteiger partial charge on any atom is 0.321 e. The van der Waals surface area contributed by atoms with Crippen molar-refractivity contribution in [2.75, 3.05) is 26.2 Å². The fourth-order valence-corrected chi connectivity index (χ4v) is 8.68. The van der Waals surface area contributed by atoms with Gasteiger partial charge in [0.05, 0.1) is 40.5 Å². The molecule has 0 bridgehead atoms. The predicted octanol–water partition coefficient (Wildman–Crippen LogP) is 4.49. The first-order chi connectivity index (χ1) is 24.0. The zero-order valence-corrected chi connectivity index (χ0v) is 30.5. The molecule has 2 aromatic carbocycles. The Kier molecular flexibility index (Phi) is 12.6. The van der Waals surface area contributed by atoms with Crippen molar-refractivity contribution in [1.82, 2.24) is 24.4 Å². The number of urea groups is 1. The van der Waals surface area contributed by atoms with Gasteiger partial charge in [0.1, 0.15) is 6.04 Å². The lowest BCUT2D eigenvalue weighted by molar-refractivity contribution is -0.128. The molecule has 4 atom stereocenters. The summed E-state index contributed by atoms with van der Waals surface area (Å²) in [6.07, 6.45) is 3.69. The van der Waals surface area contributed by atoms with Crippen molar-refractivity contribution in [3.63, 3.8) is 0 Å². The van der Waals surface area contributed by atoms with Crippen molar-refractivity contribution < 1.29 is 28.3 Å². The van der Waals surface area contributed by atoms with Gasteiger partial charge in [0.15, 0.2) is 0 Å². The van der Waals surface area contributed by atoms with Gasteiger partial charge in [0, 0.05) is 31.6 Å². The fourth-order valence-electron chi connectivity index (χ4n) is 6.54. The van der Waals surface area contributed by atoms with Gasteiger partial charge in [0.25, 0.3) is 0 Å². The average molecular weight is 725 g/mol. The Morgan fingerprint density at radius 3 is 2.48 bits per heavy atom. The minimum absolute atomic E-state index is 0.0597. The zero-order chi connectivity index (χ0) is 35.8. The summed E-state index contributed by atoms with van der Waals surface area (Å²) in [5.41, 5.74) is 2.22. The molecule has 3 aromatic rings. The van der Waals surface area contributed by atoms with Crippen LogP contribution in [0.1, 0.15) is 61.4 Å². The first-order valence-corrected chi connectivity index (χ1v) is 19.6. The number of nitrogens with one attached hydrogen (secondary N) is 1. The number of hydrogen-bond donors (Lipinski definition) is 3. The van der Waals surface area contributed by atoms with E-state index in [0.717, 1.165) is 35.5 Å². The molecule has 2 heterocycles. The van der Waals surface area contributed by atoms with Crippen LogP contribution in [0.15, 0.2) is 70.0 Å². The van der Waals surface area contributed by atoms with Gasteiger partial charge >= 0.3 is 6.03 Å². The van der Waals surface area contributed by atoms with E-state index in [1.165, 1.54) is 34.0 Å². The summed E-state index contributed by atoms with van der Waals surface area (Å²) in [4.78, 5) is 35.8. The number of carbonyl (C=O) groups is 2. The van der Waals surface area contributed by atoms with Crippen LogP contribution in [0.25, 0.3) is 0 Å². The number of hydrogen-bond acceptors (Lipinski definition) is 9. The van der Waals surface area contributed by atoms with Crippen LogP contribution in [0.4, 0.5) is 4.79 Å². The van der Waals surface area contributed by atoms with Gasteiger partial charge in [-0.3, -0.25) is 4.79 Å². The number of sulfonamides is 1. The molecule has 2 aliphatic rings. The quantitative estimate of drug-likeness (QED) is 0.105. The zero-order valence-electron chi connectivity index (χ0n) is 28.9. The van der Waals surface area contributed by atoms with E-state index in [-0.39, 0.29) is 48.2 Å². The lowest BCUT2D eigenvalue weighted by Gasteiger charge is -2.36. The molecular weight excluding hydrogens is 677 g/mol. The van der Waals surface area contributed by atoms with Crippen LogP contribution < -0.4 is 5.32 Å². The third-order valence-electron chi connectivity index (χ3n) is 9.83. The highest BCUT2D eigenvalue weighted by Gasteiger charge is 2.41. The highest BCUT2D eigenvalue weighted by molar-refractivity contribution is 7.89. The normalized spacial score (nSPS) is 18.0. The second kappa shape index (κ2) is 16.9. The topological polar surface area (TPSA) is 156 Å². The Morgan fingerprint density at radius 1 is 1.16 bits per heavy atom. The van der Waals surface area contributed by atoms with E-state index >= 15 is 0 Å². The third kappa shape index (κ3) is 9.08. The Bertz CT molecular complexity index is 1710. The first kappa shape index (κ1) is 37.4. The number of nitrogens with zero attached hydrogens (tertiary/aromatic N) is 5. The largest absolute Gasteiger partial charge is 0.411 e. The van der Waals surface area contributed by atoms with E-state index in [4.69, 9.17) is 5.21 Å². The number of carbonyl (C=O) groups excluding carboxylic acids is 2. The number of aromatic nitrogens is 1. The van der Waals surface area contributed by atoms with Gasteiger partial charge < -0.3 is 25.4 Å². The maximum atomic E-state index is 14.3. The van der Waals surface area contributed by atoms with E-state index in [2.05, 4.69) is 15.5 Å². The Labute approximate surface area is 298 Å². The van der Waals surface area contributed by atoms with Crippen molar-refractivity contribution in [3.8, 4) is 0 Å². The summed E-state index contributed by atoms with van der Waals surface area (Å²) in [5.74, 6) is -0.384. The lowest BCUT2D eigenvalue weighted by Crippen LogP contribution is -2.57. The van der Waals surface area contributed by atoms with Crippen LogP contribution in [0, 0.1) is 18.8 Å². The molecule has 0 spiro atoms. The number of thiazole rings is 1. The minimum atomic E-state index is -4.03. The molecule has 2 fully saturated rings. The highest BCUT2D eigenvalue weighted by Crippen LogP contribution is 2.30. The van der Waals surface area contributed by atoms with Crippen molar-refractivity contribution in [2.24, 2.45) is 17.0 Å². The lowest BCUT2D eigenvalue weighted by atomic mass is 9.85. The summed E-state index contributed by atoms with van der Waals surface area (Å²) < 4.78 is 29.4. The van der Waals surface area contributed by atoms with Gasteiger partial charge in [-0.1, -0.05) is 74.3 Å². The second-order valence-electron chi connectivity index (χ2n) is 13.4. The molecule has 1 aliphatic heterocycles. The number of amides is 3. The standard InChI is InChI=1S/C36H48N6O6S2/c1-4-25(2)34(42-18-17-40(36(42)45)22-30-24-49-26(3)38-30)35(44)39-32(19-27-9-6-5-7-10-27)33(43)23-41(21-29-11-8-12-29)50(47,48)31-15-13-28(14-16-31)20-37-46/h5-7,9-10,13-16,20,24-25,29,32-34,43,46H,4,8,11-12,17-19,21-23H2,1-3H3,(H,39,44)/b37-20+/t25-,32-,33+,34-/m0/s1. The molecular formula is C36H48N6O6S2. The summed E-state index contributed by atoms with van der Waals surface area (Å²) >= 11 is 1.53. The fraction of sp³-hybridized carbons (Fsp3) is 0.500. The molecule has 3 N–H and O–H groups in total. The van der Waals surface area contributed by atoms with E-state index < -0.39 is 28.2 Å². The van der Waals surface area contributed by atoms with Gasteiger partial charge in [-0.25, -0.2) is 18.2 Å². The molecule has 14 heteroatoms. The van der Waals surface area contributed by atoms with E-state index in [1.807, 2.05) is 56.5 Å². The minimum Gasteiger partial charge on any atom is -0.411 e. The number of aliphatic hydroxyl groups is 1. The van der Waals surface area contributed by atoms with Gasteiger partial charge in [-0.05, 0) is 61.3 Å². The SMILES string of the molecule is CC[C@H](C)[C@@H](C(=O)N[C@@H](Cc1ccccc1)[C@H](O)CN(CC1CCC1)S(=O)(=O)c1ccc(/C=N/O)cc1)N1CCN(Cc2csc(C)n2)C1=O. The number of benzene rings is 2. The van der Waals surface area contributed by atoms with E-state index in [1.54, 1.807) is 21.9 Å². The van der Waals surface area contributed by atoms with Crippen LogP contribution >= 0.6 is 11.3 Å². The molecule has 0 radical (unpaired) electrons. The molecule has 1 aliphatic carbocycles.